The maximum atomic E-state index is 12.5. The lowest BCUT2D eigenvalue weighted by Gasteiger charge is -2.12. The molecule has 1 heterocycles. The number of thiophene rings is 1. The molecule has 22 heavy (non-hydrogen) atoms. The molecule has 1 amide bonds. The van der Waals surface area contributed by atoms with Crippen LogP contribution in [0.15, 0.2) is 30.3 Å². The summed E-state index contributed by atoms with van der Waals surface area (Å²) >= 11 is 1.58. The van der Waals surface area contributed by atoms with Crippen LogP contribution in [0.5, 0.6) is 0 Å². The lowest BCUT2D eigenvalue weighted by atomic mass is 9.96. The van der Waals surface area contributed by atoms with Gasteiger partial charge in [0.15, 0.2) is 0 Å². The van der Waals surface area contributed by atoms with Crippen molar-refractivity contribution in [2.45, 2.75) is 38.5 Å². The number of fused-ring (bicyclic) bond motifs is 1. The van der Waals surface area contributed by atoms with Crippen LogP contribution in [0.2, 0.25) is 0 Å². The molecule has 0 bridgehead atoms. The third kappa shape index (κ3) is 3.25. The fourth-order valence-electron chi connectivity index (χ4n) is 2.90. The number of aryl methyl sites for hydroxylation is 1. The van der Waals surface area contributed by atoms with Crippen LogP contribution in [-0.4, -0.2) is 5.91 Å². The molecule has 116 valence electrons. The third-order valence-corrected chi connectivity index (χ3v) is 5.14. The van der Waals surface area contributed by atoms with E-state index in [0.717, 1.165) is 30.5 Å². The second-order valence-corrected chi connectivity index (χ2v) is 6.74. The molecule has 1 aliphatic carbocycles. The lowest BCUT2D eigenvalue weighted by molar-refractivity contribution is 0.0963. The van der Waals surface area contributed by atoms with E-state index in [9.17, 15) is 4.79 Å². The Hall–Kier alpha value is -2.01. The normalized spacial score (nSPS) is 14.5. The Labute approximate surface area is 134 Å². The van der Waals surface area contributed by atoms with E-state index in [1.165, 1.54) is 24.1 Å². The molecule has 0 saturated carbocycles. The number of nitrogen functional groups attached to an aromatic ring is 1. The Balaban J connectivity index is 1.77. The number of hydrazine groups is 1. The van der Waals surface area contributed by atoms with Gasteiger partial charge >= 0.3 is 0 Å². The minimum atomic E-state index is -0.139. The fourth-order valence-corrected chi connectivity index (χ4v) is 4.06. The van der Waals surface area contributed by atoms with Crippen molar-refractivity contribution in [2.75, 3.05) is 11.2 Å². The number of nitrogens with two attached hydrogens (primary N) is 1. The Morgan fingerprint density at radius 1 is 1.05 bits per heavy atom. The molecule has 0 atom stereocenters. The first kappa shape index (κ1) is 14.9. The second kappa shape index (κ2) is 6.83. The van der Waals surface area contributed by atoms with Crippen LogP contribution in [0.4, 0.5) is 10.7 Å². The monoisotopic (exact) mass is 315 g/mol. The average molecular weight is 315 g/mol. The van der Waals surface area contributed by atoms with E-state index in [0.29, 0.717) is 10.6 Å². The number of hydrogen-bond donors (Lipinski definition) is 3. The standard InChI is InChI=1S/C17H21N3OS/c18-16-15(13-10-6-1-2-7-11-14(13)22-16)17(21)20-19-12-8-4-3-5-9-12/h3-5,8-9,19H,1-2,6-7,10-11,18H2,(H,20,21). The Morgan fingerprint density at radius 2 is 1.77 bits per heavy atom. The molecule has 0 radical (unpaired) electrons. The van der Waals surface area contributed by atoms with Gasteiger partial charge in [-0.1, -0.05) is 31.0 Å². The summed E-state index contributed by atoms with van der Waals surface area (Å²) in [6.07, 6.45) is 6.83. The minimum Gasteiger partial charge on any atom is -0.390 e. The summed E-state index contributed by atoms with van der Waals surface area (Å²) in [5, 5.41) is 0.638. The number of rotatable bonds is 3. The topological polar surface area (TPSA) is 67.2 Å². The van der Waals surface area contributed by atoms with Crippen molar-refractivity contribution in [3.05, 3.63) is 46.3 Å². The van der Waals surface area contributed by atoms with Crippen molar-refractivity contribution >= 4 is 27.9 Å². The Bertz CT molecular complexity index is 651. The summed E-state index contributed by atoms with van der Waals surface area (Å²) in [7, 11) is 0. The van der Waals surface area contributed by atoms with Gasteiger partial charge in [-0.2, -0.15) is 0 Å². The van der Waals surface area contributed by atoms with Gasteiger partial charge in [0.1, 0.15) is 0 Å². The van der Waals surface area contributed by atoms with Crippen molar-refractivity contribution in [1.29, 1.82) is 0 Å². The van der Waals surface area contributed by atoms with Crippen molar-refractivity contribution in [3.63, 3.8) is 0 Å². The molecule has 2 aromatic rings. The van der Waals surface area contributed by atoms with Gasteiger partial charge in [-0.3, -0.25) is 15.6 Å². The SMILES string of the molecule is Nc1sc2c(c1C(=O)NNc1ccccc1)CCCCCC2. The van der Waals surface area contributed by atoms with E-state index < -0.39 is 0 Å². The number of hydrogen-bond acceptors (Lipinski definition) is 4. The van der Waals surface area contributed by atoms with E-state index in [4.69, 9.17) is 5.73 Å². The molecule has 1 aromatic heterocycles. The summed E-state index contributed by atoms with van der Waals surface area (Å²) in [4.78, 5) is 13.8. The van der Waals surface area contributed by atoms with Gasteiger partial charge in [-0.15, -0.1) is 11.3 Å². The fraction of sp³-hybridized carbons (Fsp3) is 0.353. The smallest absolute Gasteiger partial charge is 0.272 e. The summed E-state index contributed by atoms with van der Waals surface area (Å²) in [5.74, 6) is -0.139. The van der Waals surface area contributed by atoms with Crippen LogP contribution >= 0.6 is 11.3 Å². The van der Waals surface area contributed by atoms with E-state index in [-0.39, 0.29) is 5.91 Å². The van der Waals surface area contributed by atoms with E-state index >= 15 is 0 Å². The quantitative estimate of drug-likeness (QED) is 0.756. The lowest BCUT2D eigenvalue weighted by Crippen LogP contribution is -2.30. The molecule has 0 fully saturated rings. The van der Waals surface area contributed by atoms with Gasteiger partial charge in [-0.05, 0) is 43.4 Å². The zero-order valence-corrected chi connectivity index (χ0v) is 13.3. The van der Waals surface area contributed by atoms with Crippen LogP contribution in [0.3, 0.4) is 0 Å². The molecule has 0 aliphatic heterocycles. The first-order valence-corrected chi connectivity index (χ1v) is 8.59. The molecule has 0 spiro atoms. The number of nitrogens with one attached hydrogen (secondary N) is 2. The first-order chi connectivity index (χ1) is 10.8. The van der Waals surface area contributed by atoms with Gasteiger partial charge in [0.2, 0.25) is 0 Å². The predicted octanol–water partition coefficient (Wildman–Crippen LogP) is 3.75. The van der Waals surface area contributed by atoms with Crippen LogP contribution in [0.1, 0.15) is 46.5 Å². The average Bonchev–Trinajstić information content (AvgIpc) is 2.81. The predicted molar refractivity (Wildman–Crippen MR) is 92.1 cm³/mol. The zero-order chi connectivity index (χ0) is 15.4. The van der Waals surface area contributed by atoms with Gasteiger partial charge in [0, 0.05) is 4.88 Å². The van der Waals surface area contributed by atoms with Gasteiger partial charge < -0.3 is 5.73 Å². The minimum absolute atomic E-state index is 0.139. The number of amides is 1. The van der Waals surface area contributed by atoms with Gasteiger partial charge in [0.25, 0.3) is 5.91 Å². The summed E-state index contributed by atoms with van der Waals surface area (Å²) in [6, 6.07) is 9.59. The van der Waals surface area contributed by atoms with Gasteiger partial charge in [0.05, 0.1) is 16.3 Å². The highest BCUT2D eigenvalue weighted by Crippen LogP contribution is 2.35. The van der Waals surface area contributed by atoms with Crippen molar-refractivity contribution in [3.8, 4) is 0 Å². The zero-order valence-electron chi connectivity index (χ0n) is 12.5. The highest BCUT2D eigenvalue weighted by molar-refractivity contribution is 7.16. The number of para-hydroxylation sites is 1. The van der Waals surface area contributed by atoms with Crippen LogP contribution in [0.25, 0.3) is 0 Å². The van der Waals surface area contributed by atoms with Crippen LogP contribution < -0.4 is 16.6 Å². The highest BCUT2D eigenvalue weighted by Gasteiger charge is 2.22. The van der Waals surface area contributed by atoms with Crippen LogP contribution in [-0.2, 0) is 12.8 Å². The van der Waals surface area contributed by atoms with Crippen LogP contribution in [0, 0.1) is 0 Å². The molecule has 0 unspecified atom stereocenters. The molecule has 4 N–H and O–H groups in total. The Morgan fingerprint density at radius 3 is 2.55 bits per heavy atom. The maximum Gasteiger partial charge on any atom is 0.272 e. The third-order valence-electron chi connectivity index (χ3n) is 4.02. The summed E-state index contributed by atoms with van der Waals surface area (Å²) in [5.41, 5.74) is 14.5. The molecule has 0 saturated heterocycles. The van der Waals surface area contributed by atoms with E-state index in [2.05, 4.69) is 10.9 Å². The second-order valence-electron chi connectivity index (χ2n) is 5.60. The van der Waals surface area contributed by atoms with Crippen molar-refractivity contribution in [1.82, 2.24) is 5.43 Å². The van der Waals surface area contributed by atoms with Crippen molar-refractivity contribution in [2.24, 2.45) is 0 Å². The van der Waals surface area contributed by atoms with E-state index in [1.807, 2.05) is 30.3 Å². The molecular formula is C17H21N3OS. The number of benzene rings is 1. The number of carbonyl (C=O) groups is 1. The number of carbonyl (C=O) groups excluding carboxylic acids is 1. The number of anilines is 2. The molecule has 1 aliphatic rings. The van der Waals surface area contributed by atoms with E-state index in [1.54, 1.807) is 11.3 Å². The molecular weight excluding hydrogens is 294 g/mol. The largest absolute Gasteiger partial charge is 0.390 e. The maximum absolute atomic E-state index is 12.5. The molecule has 1 aromatic carbocycles. The first-order valence-electron chi connectivity index (χ1n) is 7.77. The Kier molecular flexibility index (Phi) is 4.63. The highest BCUT2D eigenvalue weighted by atomic mass is 32.1. The van der Waals surface area contributed by atoms with Crippen molar-refractivity contribution < 1.29 is 4.79 Å². The molecule has 4 nitrogen and oxygen atoms in total. The summed E-state index contributed by atoms with van der Waals surface area (Å²) < 4.78 is 0. The summed E-state index contributed by atoms with van der Waals surface area (Å²) in [6.45, 7) is 0. The molecule has 5 heteroatoms. The molecule has 3 rings (SSSR count). The van der Waals surface area contributed by atoms with Gasteiger partial charge in [-0.25, -0.2) is 0 Å².